The van der Waals surface area contributed by atoms with Crippen molar-refractivity contribution in [1.29, 1.82) is 0 Å². The molecule has 1 aromatic heterocycles. The molecule has 2 unspecified atom stereocenters. The number of hydrogen-bond acceptors (Lipinski definition) is 4. The molecule has 0 radical (unpaired) electrons. The highest BCUT2D eigenvalue weighted by Crippen LogP contribution is 2.37. The molecule has 3 rings (SSSR count). The maximum Gasteiger partial charge on any atom is 0.418 e. The van der Waals surface area contributed by atoms with Crippen LogP contribution in [0.5, 0.6) is 0 Å². The molecule has 1 N–H and O–H groups in total. The number of alkyl halides is 3. The Morgan fingerprint density at radius 3 is 2.83 bits per heavy atom. The average Bonchev–Trinajstić information content (AvgIpc) is 3.08. The van der Waals surface area contributed by atoms with Crippen LogP contribution in [-0.2, 0) is 15.7 Å². The molecule has 3 amide bonds. The van der Waals surface area contributed by atoms with E-state index < -0.39 is 35.4 Å². The lowest BCUT2D eigenvalue weighted by atomic mass is 9.99. The second-order valence-corrected chi connectivity index (χ2v) is 5.53. The summed E-state index contributed by atoms with van der Waals surface area (Å²) in [5, 5.41) is 2.44. The first-order valence-corrected chi connectivity index (χ1v) is 7.11. The molecule has 6 nitrogen and oxygen atoms in total. The van der Waals surface area contributed by atoms with Gasteiger partial charge < -0.3 is 10.1 Å². The van der Waals surface area contributed by atoms with Crippen molar-refractivity contribution in [2.24, 2.45) is 5.92 Å². The molecule has 9 heteroatoms. The lowest BCUT2D eigenvalue weighted by Gasteiger charge is -2.18. The van der Waals surface area contributed by atoms with E-state index in [2.05, 4.69) is 10.3 Å². The fourth-order valence-electron chi connectivity index (χ4n) is 2.83. The number of rotatable bonds is 3. The van der Waals surface area contributed by atoms with E-state index in [1.807, 2.05) is 0 Å². The van der Waals surface area contributed by atoms with Gasteiger partial charge in [-0.3, -0.25) is 9.78 Å². The van der Waals surface area contributed by atoms with Crippen LogP contribution in [0.4, 0.5) is 23.7 Å². The fourth-order valence-corrected chi connectivity index (χ4v) is 2.83. The number of anilines is 1. The molecular weight excluding hydrogens is 315 g/mol. The number of nitrogens with one attached hydrogen (secondary N) is 1. The van der Waals surface area contributed by atoms with E-state index in [0.29, 0.717) is 24.5 Å². The average molecular weight is 329 g/mol. The first-order valence-electron chi connectivity index (χ1n) is 7.11. The Labute approximate surface area is 129 Å². The number of pyridine rings is 1. The number of ether oxygens (including phenoxy) is 1. The van der Waals surface area contributed by atoms with Gasteiger partial charge in [-0.1, -0.05) is 0 Å². The SMILES string of the molecule is O=C1NC(CC2CCOC2)C(=O)N1c1cnccc1C(F)(F)F. The lowest BCUT2D eigenvalue weighted by molar-refractivity contribution is -0.137. The van der Waals surface area contributed by atoms with Crippen molar-refractivity contribution < 1.29 is 27.5 Å². The van der Waals surface area contributed by atoms with Gasteiger partial charge in [0.25, 0.3) is 5.91 Å². The van der Waals surface area contributed by atoms with Crippen molar-refractivity contribution in [2.75, 3.05) is 18.1 Å². The Bertz CT molecular complexity index is 629. The zero-order chi connectivity index (χ0) is 16.6. The van der Waals surface area contributed by atoms with E-state index in [1.54, 1.807) is 0 Å². The number of imide groups is 1. The predicted molar refractivity (Wildman–Crippen MR) is 72.6 cm³/mol. The van der Waals surface area contributed by atoms with Crippen molar-refractivity contribution >= 4 is 17.6 Å². The smallest absolute Gasteiger partial charge is 0.381 e. The highest BCUT2D eigenvalue weighted by molar-refractivity contribution is 6.21. The first kappa shape index (κ1) is 15.7. The molecule has 2 aliphatic rings. The van der Waals surface area contributed by atoms with Gasteiger partial charge in [-0.05, 0) is 24.8 Å². The topological polar surface area (TPSA) is 71.5 Å². The van der Waals surface area contributed by atoms with Crippen LogP contribution in [0.15, 0.2) is 18.5 Å². The van der Waals surface area contributed by atoms with Crippen LogP contribution in [0, 0.1) is 5.92 Å². The maximum absolute atomic E-state index is 13.1. The van der Waals surface area contributed by atoms with Gasteiger partial charge in [0.05, 0.1) is 17.4 Å². The van der Waals surface area contributed by atoms with E-state index >= 15 is 0 Å². The quantitative estimate of drug-likeness (QED) is 0.861. The normalized spacial score (nSPS) is 25.1. The zero-order valence-corrected chi connectivity index (χ0v) is 12.0. The van der Waals surface area contributed by atoms with Gasteiger partial charge in [0, 0.05) is 19.4 Å². The van der Waals surface area contributed by atoms with E-state index in [-0.39, 0.29) is 5.92 Å². The second-order valence-electron chi connectivity index (χ2n) is 5.53. The molecule has 1 aromatic rings. The summed E-state index contributed by atoms with van der Waals surface area (Å²) in [6, 6.07) is -0.957. The molecule has 2 atom stereocenters. The van der Waals surface area contributed by atoms with Gasteiger partial charge in [0.2, 0.25) is 0 Å². The largest absolute Gasteiger partial charge is 0.418 e. The van der Waals surface area contributed by atoms with E-state index in [9.17, 15) is 22.8 Å². The molecule has 2 saturated heterocycles. The van der Waals surface area contributed by atoms with Crippen LogP contribution >= 0.6 is 0 Å². The molecule has 0 spiro atoms. The Morgan fingerprint density at radius 1 is 1.39 bits per heavy atom. The number of urea groups is 1. The highest BCUT2D eigenvalue weighted by atomic mass is 19.4. The second kappa shape index (κ2) is 5.80. The fraction of sp³-hybridized carbons (Fsp3) is 0.500. The van der Waals surface area contributed by atoms with Crippen LogP contribution in [0.2, 0.25) is 0 Å². The summed E-state index contributed by atoms with van der Waals surface area (Å²) in [6.45, 7) is 1.07. The standard InChI is InChI=1S/C14H14F3N3O3/c15-14(16,17)9-1-3-18-6-11(9)20-12(21)10(19-13(20)22)5-8-2-4-23-7-8/h1,3,6,8,10H,2,4-5,7H2,(H,19,22). The molecule has 2 fully saturated rings. The predicted octanol–water partition coefficient (Wildman–Crippen LogP) is 1.95. The maximum atomic E-state index is 13.1. The van der Waals surface area contributed by atoms with Crippen molar-refractivity contribution in [2.45, 2.75) is 25.1 Å². The van der Waals surface area contributed by atoms with E-state index in [4.69, 9.17) is 4.74 Å². The van der Waals surface area contributed by atoms with Crippen LogP contribution in [-0.4, -0.2) is 36.2 Å². The summed E-state index contributed by atoms with van der Waals surface area (Å²) in [5.74, 6) is -0.583. The van der Waals surface area contributed by atoms with Gasteiger partial charge in [-0.2, -0.15) is 13.2 Å². The number of aromatic nitrogens is 1. The monoisotopic (exact) mass is 329 g/mol. The zero-order valence-electron chi connectivity index (χ0n) is 12.0. The summed E-state index contributed by atoms with van der Waals surface area (Å²) in [4.78, 5) is 28.5. The van der Waals surface area contributed by atoms with Crippen molar-refractivity contribution in [1.82, 2.24) is 10.3 Å². The summed E-state index contributed by atoms with van der Waals surface area (Å²) in [7, 11) is 0. The summed E-state index contributed by atoms with van der Waals surface area (Å²) in [5.41, 5.74) is -1.62. The first-order chi connectivity index (χ1) is 10.9. The minimum atomic E-state index is -4.68. The van der Waals surface area contributed by atoms with Gasteiger partial charge >= 0.3 is 12.2 Å². The van der Waals surface area contributed by atoms with Gasteiger partial charge in [0.1, 0.15) is 6.04 Å². The van der Waals surface area contributed by atoms with Gasteiger partial charge in [-0.25, -0.2) is 9.69 Å². The molecular formula is C14H14F3N3O3. The van der Waals surface area contributed by atoms with Gasteiger partial charge in [0.15, 0.2) is 0 Å². The van der Waals surface area contributed by atoms with E-state index in [0.717, 1.165) is 24.9 Å². The Balaban J connectivity index is 1.86. The minimum Gasteiger partial charge on any atom is -0.381 e. The lowest BCUT2D eigenvalue weighted by Crippen LogP contribution is -2.34. The number of hydrogen-bond donors (Lipinski definition) is 1. The number of amides is 3. The van der Waals surface area contributed by atoms with Crippen LogP contribution < -0.4 is 10.2 Å². The molecule has 124 valence electrons. The minimum absolute atomic E-state index is 0.111. The number of carbonyl (C=O) groups excluding carboxylic acids is 2. The highest BCUT2D eigenvalue weighted by Gasteiger charge is 2.44. The van der Waals surface area contributed by atoms with Crippen molar-refractivity contribution in [3.63, 3.8) is 0 Å². The number of nitrogens with zero attached hydrogens (tertiary/aromatic N) is 2. The Hall–Kier alpha value is -2.16. The van der Waals surface area contributed by atoms with Gasteiger partial charge in [-0.15, -0.1) is 0 Å². The Morgan fingerprint density at radius 2 is 2.17 bits per heavy atom. The molecule has 0 bridgehead atoms. The molecule has 3 heterocycles. The third kappa shape index (κ3) is 3.00. The molecule has 2 aliphatic heterocycles. The molecule has 0 aliphatic carbocycles. The molecule has 0 saturated carbocycles. The van der Waals surface area contributed by atoms with Crippen LogP contribution in [0.25, 0.3) is 0 Å². The molecule has 0 aromatic carbocycles. The van der Waals surface area contributed by atoms with Crippen LogP contribution in [0.1, 0.15) is 18.4 Å². The third-order valence-electron chi connectivity index (χ3n) is 3.96. The summed E-state index contributed by atoms with van der Waals surface area (Å²) in [6.07, 6.45) is -1.72. The number of halogens is 3. The number of carbonyl (C=O) groups is 2. The van der Waals surface area contributed by atoms with E-state index in [1.165, 1.54) is 0 Å². The summed E-state index contributed by atoms with van der Waals surface area (Å²) >= 11 is 0. The molecule has 23 heavy (non-hydrogen) atoms. The van der Waals surface area contributed by atoms with Crippen molar-refractivity contribution in [3.8, 4) is 0 Å². The summed E-state index contributed by atoms with van der Waals surface area (Å²) < 4.78 is 44.4. The van der Waals surface area contributed by atoms with Crippen LogP contribution in [0.3, 0.4) is 0 Å². The Kier molecular flexibility index (Phi) is 3.97. The van der Waals surface area contributed by atoms with Crippen molar-refractivity contribution in [3.05, 3.63) is 24.0 Å². The third-order valence-corrected chi connectivity index (χ3v) is 3.96.